The molecule has 3 fully saturated rings. The Labute approximate surface area is 608 Å². The fourth-order valence-electron chi connectivity index (χ4n) is 12.5. The van der Waals surface area contributed by atoms with E-state index in [1.165, 1.54) is 103 Å². The molecule has 1 amide bonds. The number of hydrogen-bond acceptors (Lipinski definition) is 18. The van der Waals surface area contributed by atoms with E-state index in [1.54, 1.807) is 0 Å². The van der Waals surface area contributed by atoms with E-state index >= 15 is 0 Å². The van der Waals surface area contributed by atoms with E-state index in [0.717, 1.165) is 122 Å². The molecule has 17 atom stereocenters. The summed E-state index contributed by atoms with van der Waals surface area (Å²) in [5, 5.41) is 121. The second-order valence-corrected chi connectivity index (χ2v) is 27.4. The van der Waals surface area contributed by atoms with E-state index in [1.807, 2.05) is 0 Å². The Hall–Kier alpha value is -3.81. The molecule has 0 radical (unpaired) electrons. The van der Waals surface area contributed by atoms with Crippen LogP contribution in [-0.4, -0.2) is 193 Å². The number of carbonyl (C=O) groups is 1. The fraction of sp³-hybridized carbons (Fsp3) is 0.744. The van der Waals surface area contributed by atoms with Crippen LogP contribution in [0.4, 0.5) is 0 Å². The molecule has 0 saturated carbocycles. The van der Waals surface area contributed by atoms with Crippen molar-refractivity contribution in [1.29, 1.82) is 0 Å². The molecule has 0 aromatic rings. The van der Waals surface area contributed by atoms with E-state index in [4.69, 9.17) is 28.4 Å². The van der Waals surface area contributed by atoms with Crippen LogP contribution in [0.15, 0.2) is 122 Å². The van der Waals surface area contributed by atoms with Gasteiger partial charge in [0.15, 0.2) is 18.9 Å². The Balaban J connectivity index is 1.32. The predicted octanol–water partition coefficient (Wildman–Crippen LogP) is 12.7. The van der Waals surface area contributed by atoms with Gasteiger partial charge in [-0.2, -0.15) is 0 Å². The molecule has 3 saturated heterocycles. The predicted molar refractivity (Wildman–Crippen MR) is 401 cm³/mol. The summed E-state index contributed by atoms with van der Waals surface area (Å²) in [6, 6.07) is -0.897. The first-order valence-corrected chi connectivity index (χ1v) is 39.3. The molecule has 17 unspecified atom stereocenters. The number of nitrogens with one attached hydrogen (secondary N) is 1. The van der Waals surface area contributed by atoms with Gasteiger partial charge in [-0.05, 0) is 89.9 Å². The van der Waals surface area contributed by atoms with Gasteiger partial charge in [-0.1, -0.05) is 283 Å². The van der Waals surface area contributed by atoms with Gasteiger partial charge in [0.2, 0.25) is 5.91 Å². The van der Waals surface area contributed by atoms with Crippen LogP contribution in [0.3, 0.4) is 0 Å². The number of unbranched alkanes of at least 4 members (excludes halogenated alkanes) is 24. The average Bonchev–Trinajstić information content (AvgIpc) is 0.782. The lowest BCUT2D eigenvalue weighted by atomic mass is 9.96. The second kappa shape index (κ2) is 61.4. The summed E-state index contributed by atoms with van der Waals surface area (Å²) in [5.74, 6) is -0.251. The van der Waals surface area contributed by atoms with Crippen molar-refractivity contribution in [1.82, 2.24) is 5.32 Å². The molecule has 0 aliphatic carbocycles. The lowest BCUT2D eigenvalue weighted by Crippen LogP contribution is -2.66. The lowest BCUT2D eigenvalue weighted by molar-refractivity contribution is -0.379. The molecule has 0 aromatic heterocycles. The zero-order chi connectivity index (χ0) is 73.2. The Morgan fingerprint density at radius 3 is 1.07 bits per heavy atom. The Kier molecular flexibility index (Phi) is 55.5. The highest BCUT2D eigenvalue weighted by atomic mass is 16.8. The molecular formula is C82H139NO18. The van der Waals surface area contributed by atoms with Gasteiger partial charge >= 0.3 is 0 Å². The van der Waals surface area contributed by atoms with Crippen molar-refractivity contribution >= 4 is 5.91 Å². The van der Waals surface area contributed by atoms with Crippen molar-refractivity contribution < 1.29 is 89.4 Å². The van der Waals surface area contributed by atoms with Gasteiger partial charge in [-0.25, -0.2) is 0 Å². The summed E-state index contributed by atoms with van der Waals surface area (Å²) in [7, 11) is 0. The zero-order valence-electron chi connectivity index (χ0n) is 61.8. The van der Waals surface area contributed by atoms with Gasteiger partial charge < -0.3 is 89.9 Å². The van der Waals surface area contributed by atoms with Crippen LogP contribution in [0.1, 0.15) is 258 Å². The maximum absolute atomic E-state index is 13.5. The number of allylic oxidation sites excluding steroid dienone is 20. The molecule has 0 spiro atoms. The van der Waals surface area contributed by atoms with Crippen LogP contribution < -0.4 is 5.32 Å². The quantitative estimate of drug-likeness (QED) is 0.0199. The third kappa shape index (κ3) is 41.6. The molecule has 19 nitrogen and oxygen atoms in total. The van der Waals surface area contributed by atoms with E-state index in [-0.39, 0.29) is 18.9 Å². The van der Waals surface area contributed by atoms with Gasteiger partial charge in [0.25, 0.3) is 0 Å². The summed E-state index contributed by atoms with van der Waals surface area (Å²) >= 11 is 0. The number of aliphatic hydroxyl groups is 11. The Morgan fingerprint density at radius 2 is 0.683 bits per heavy atom. The summed E-state index contributed by atoms with van der Waals surface area (Å²) in [6.45, 7) is 1.68. The Bertz CT molecular complexity index is 2300. The van der Waals surface area contributed by atoms with Gasteiger partial charge in [-0.15, -0.1) is 0 Å². The van der Waals surface area contributed by atoms with Crippen molar-refractivity contribution in [2.24, 2.45) is 0 Å². The highest BCUT2D eigenvalue weighted by molar-refractivity contribution is 5.76. The number of rotatable bonds is 60. The zero-order valence-corrected chi connectivity index (χ0v) is 61.8. The van der Waals surface area contributed by atoms with Gasteiger partial charge in [-0.3, -0.25) is 4.79 Å². The van der Waals surface area contributed by atoms with Crippen LogP contribution in [0.2, 0.25) is 0 Å². The first-order chi connectivity index (χ1) is 49.3. The molecule has 3 rings (SSSR count). The largest absolute Gasteiger partial charge is 0.394 e. The second-order valence-electron chi connectivity index (χ2n) is 27.4. The Morgan fingerprint density at radius 1 is 0.366 bits per heavy atom. The third-order valence-corrected chi connectivity index (χ3v) is 18.8. The third-order valence-electron chi connectivity index (χ3n) is 18.8. The maximum Gasteiger partial charge on any atom is 0.220 e. The van der Waals surface area contributed by atoms with Crippen molar-refractivity contribution in [2.45, 2.75) is 362 Å². The van der Waals surface area contributed by atoms with E-state index < -0.39 is 124 Å². The van der Waals surface area contributed by atoms with E-state index in [0.29, 0.717) is 12.8 Å². The normalized spacial score (nSPS) is 27.0. The van der Waals surface area contributed by atoms with E-state index in [2.05, 4.69) is 141 Å². The van der Waals surface area contributed by atoms with Gasteiger partial charge in [0.05, 0.1) is 38.6 Å². The van der Waals surface area contributed by atoms with Gasteiger partial charge in [0, 0.05) is 6.42 Å². The maximum atomic E-state index is 13.5. The minimum Gasteiger partial charge on any atom is -0.394 e. The topological polar surface area (TPSA) is 307 Å². The van der Waals surface area contributed by atoms with Crippen LogP contribution >= 0.6 is 0 Å². The number of aliphatic hydroxyl groups excluding tert-OH is 11. The smallest absolute Gasteiger partial charge is 0.220 e. The molecule has 3 aliphatic heterocycles. The summed E-state index contributed by atoms with van der Waals surface area (Å²) in [6.07, 6.45) is 58.6. The van der Waals surface area contributed by atoms with Crippen LogP contribution in [0, 0.1) is 0 Å². The summed E-state index contributed by atoms with van der Waals surface area (Å²) in [5.41, 5.74) is 0. The standard InChI is InChI=1S/C82H139NO18/c1-3-5-7-9-11-13-15-17-19-20-21-22-23-24-25-26-27-28-29-30-31-32-33-34-35-36-37-38-39-40-41-42-43-44-46-48-50-52-54-56-58-60-70(88)83-65(66(87)59-57-55-53-51-49-47-45-18-16-14-12-10-8-6-4-2)64-96-80-76(94)73(91)78(68(62-85)98-80)101-82-77(95)74(92)79(69(63-86)99-82)100-81-75(93)72(90)71(89)67(61-84)97-81/h5,7,11,13,17,19,21-22,24-25,27-28,30-31,33-34,36-37,39-40,65-69,71-82,84-87,89-95H,3-4,6,8-10,12,14-16,18,20,23,26,29,32,35,38,41-64H2,1-2H3,(H,83,88)/b7-5-,13-11-,19-17-,22-21-,25-24-,28-27-,31-30-,34-33-,37-36-,40-39-. The average molecular weight is 1430 g/mol. The molecule has 3 heterocycles. The number of amides is 1. The summed E-state index contributed by atoms with van der Waals surface area (Å²) in [4.78, 5) is 13.5. The van der Waals surface area contributed by atoms with Crippen molar-refractivity contribution in [2.75, 3.05) is 26.4 Å². The van der Waals surface area contributed by atoms with Crippen molar-refractivity contribution in [3.63, 3.8) is 0 Å². The highest BCUT2D eigenvalue weighted by Gasteiger charge is 2.54. The van der Waals surface area contributed by atoms with Crippen molar-refractivity contribution in [3.05, 3.63) is 122 Å². The highest BCUT2D eigenvalue weighted by Crippen LogP contribution is 2.33. The van der Waals surface area contributed by atoms with Crippen LogP contribution in [0.5, 0.6) is 0 Å². The first-order valence-electron chi connectivity index (χ1n) is 39.3. The number of hydrogen-bond donors (Lipinski definition) is 12. The molecule has 580 valence electrons. The van der Waals surface area contributed by atoms with Gasteiger partial charge in [0.1, 0.15) is 73.2 Å². The van der Waals surface area contributed by atoms with E-state index in [9.17, 15) is 61.0 Å². The van der Waals surface area contributed by atoms with Crippen molar-refractivity contribution in [3.8, 4) is 0 Å². The van der Waals surface area contributed by atoms with Crippen LogP contribution in [0.25, 0.3) is 0 Å². The molecule has 0 aromatic carbocycles. The molecule has 0 bridgehead atoms. The number of ether oxygens (including phenoxy) is 6. The monoisotopic (exact) mass is 1430 g/mol. The molecule has 19 heteroatoms. The summed E-state index contributed by atoms with van der Waals surface area (Å²) < 4.78 is 34.4. The molecule has 12 N–H and O–H groups in total. The minimum absolute atomic E-state index is 0.251. The molecule has 101 heavy (non-hydrogen) atoms. The van der Waals surface area contributed by atoms with Crippen LogP contribution in [-0.2, 0) is 33.2 Å². The molecule has 3 aliphatic rings. The SMILES string of the molecule is CC/C=C\C/C=C\C/C=C\C/C=C\C/C=C\C/C=C\C/C=C\C/C=C\C/C=C\C/C=C\CCCCCCCCCCCCC(=O)NC(COC1OC(CO)C(OC2OC(CO)C(OC3OC(CO)C(O)C(O)C3O)C(O)C2O)C(O)C1O)C(O)CCCCCCCCCCCCCCCCC. The molecular weight excluding hydrogens is 1290 g/mol. The number of carbonyl (C=O) groups excluding carboxylic acids is 1. The fourth-order valence-corrected chi connectivity index (χ4v) is 12.5. The first kappa shape index (κ1) is 91.4. The lowest BCUT2D eigenvalue weighted by Gasteiger charge is -2.48. The minimum atomic E-state index is -1.98.